The summed E-state index contributed by atoms with van der Waals surface area (Å²) in [6.45, 7) is 0. The van der Waals surface area contributed by atoms with Crippen LogP contribution in [0.25, 0.3) is 0 Å². The lowest BCUT2D eigenvalue weighted by Gasteiger charge is -1.69. The maximum absolute atomic E-state index is 9.57. The molecule has 0 saturated carbocycles. The molecule has 0 bridgehead atoms. The van der Waals surface area contributed by atoms with Gasteiger partial charge in [-0.15, -0.1) is 0 Å². The number of hydrogen-bond donors (Lipinski definition) is 3. The number of hydrazine groups is 1. The molecule has 5 heteroatoms. The van der Waals surface area contributed by atoms with Crippen LogP contribution in [-0.2, 0) is 9.53 Å². The molecular formula is C3H6N2O3. The van der Waals surface area contributed by atoms with Gasteiger partial charge in [-0.1, -0.05) is 0 Å². The molecule has 0 radical (unpaired) electrons. The topological polar surface area (TPSA) is 102 Å². The highest BCUT2D eigenvalue weighted by Gasteiger charge is 2.17. The van der Waals surface area contributed by atoms with Gasteiger partial charge in [-0.05, 0) is 0 Å². The molecule has 5 nitrogen and oxygen atoms in total. The van der Waals surface area contributed by atoms with Crippen molar-refractivity contribution in [1.82, 2.24) is 0 Å². The maximum atomic E-state index is 9.57. The number of rotatable bonds is 1. The van der Waals surface area contributed by atoms with Gasteiger partial charge < -0.3 is 9.84 Å². The Morgan fingerprint density at radius 1 is 1.75 bits per heavy atom. The van der Waals surface area contributed by atoms with E-state index in [0.717, 1.165) is 0 Å². The second-order valence-corrected chi connectivity index (χ2v) is 0.905. The van der Waals surface area contributed by atoms with Crippen LogP contribution in [0.15, 0.2) is 12.0 Å². The van der Waals surface area contributed by atoms with Crippen LogP contribution in [0.3, 0.4) is 0 Å². The van der Waals surface area contributed by atoms with Crippen LogP contribution in [0.1, 0.15) is 0 Å². The van der Waals surface area contributed by atoms with Gasteiger partial charge in [-0.3, -0.25) is 11.7 Å². The minimum absolute atomic E-state index is 0.0509. The Balaban J connectivity index is 0.000000222. The van der Waals surface area contributed by atoms with E-state index in [2.05, 4.69) is 16.4 Å². The fraction of sp³-hybridized carbons (Fsp3) is 0. The zero-order chi connectivity index (χ0) is 6.57. The lowest BCUT2D eigenvalue weighted by atomic mass is 10.7. The average Bonchev–Trinajstić information content (AvgIpc) is 2.50. The van der Waals surface area contributed by atoms with Gasteiger partial charge in [0.25, 0.3) is 0 Å². The third-order valence-corrected chi connectivity index (χ3v) is 0.446. The summed E-state index contributed by atoms with van der Waals surface area (Å²) in [4.78, 5) is 9.57. The Kier molecular flexibility index (Phi) is 2.60. The average molecular weight is 118 g/mol. The van der Waals surface area contributed by atoms with Gasteiger partial charge in [0, 0.05) is 0 Å². The van der Waals surface area contributed by atoms with Crippen molar-refractivity contribution in [3.63, 3.8) is 0 Å². The first-order valence-electron chi connectivity index (χ1n) is 1.74. The van der Waals surface area contributed by atoms with E-state index < -0.39 is 5.97 Å². The summed E-state index contributed by atoms with van der Waals surface area (Å²) >= 11 is 0. The highest BCUT2D eigenvalue weighted by atomic mass is 16.6. The van der Waals surface area contributed by atoms with Gasteiger partial charge in [-0.25, -0.2) is 4.79 Å². The summed E-state index contributed by atoms with van der Waals surface area (Å²) < 4.78 is 4.16. The Morgan fingerprint density at radius 3 is 2.12 bits per heavy atom. The Bertz CT molecular complexity index is 120. The molecule has 0 unspecified atom stereocenters. The van der Waals surface area contributed by atoms with Crippen molar-refractivity contribution in [3.8, 4) is 0 Å². The lowest BCUT2D eigenvalue weighted by Crippen LogP contribution is -2.02. The SMILES string of the molecule is NN.O=C(O)C1=CO1. The molecule has 0 aromatic heterocycles. The van der Waals surface area contributed by atoms with E-state index in [-0.39, 0.29) is 5.76 Å². The summed E-state index contributed by atoms with van der Waals surface area (Å²) in [6.07, 6.45) is 1.18. The van der Waals surface area contributed by atoms with Crippen molar-refractivity contribution in [1.29, 1.82) is 0 Å². The van der Waals surface area contributed by atoms with Gasteiger partial charge in [-0.2, -0.15) is 0 Å². The molecule has 1 aliphatic heterocycles. The molecule has 0 fully saturated rings. The summed E-state index contributed by atoms with van der Waals surface area (Å²) in [5, 5.41) is 7.86. The number of hydrogen-bond acceptors (Lipinski definition) is 4. The van der Waals surface area contributed by atoms with E-state index in [1.807, 2.05) is 0 Å². The molecule has 1 aliphatic rings. The Morgan fingerprint density at radius 2 is 2.12 bits per heavy atom. The van der Waals surface area contributed by atoms with Gasteiger partial charge >= 0.3 is 5.97 Å². The van der Waals surface area contributed by atoms with Crippen LogP contribution in [0.2, 0.25) is 0 Å². The van der Waals surface area contributed by atoms with Crippen LogP contribution >= 0.6 is 0 Å². The molecule has 0 aromatic carbocycles. The van der Waals surface area contributed by atoms with E-state index in [1.54, 1.807) is 0 Å². The molecule has 5 N–H and O–H groups in total. The molecule has 1 heterocycles. The van der Waals surface area contributed by atoms with Gasteiger partial charge in [0.15, 0.2) is 0 Å². The minimum atomic E-state index is -0.991. The van der Waals surface area contributed by atoms with E-state index in [0.29, 0.717) is 0 Å². The molecule has 0 saturated heterocycles. The zero-order valence-electron chi connectivity index (χ0n) is 4.00. The van der Waals surface area contributed by atoms with Gasteiger partial charge in [0.05, 0.1) is 0 Å². The number of ether oxygens (including phenoxy) is 1. The largest absolute Gasteiger partial charge is 0.475 e. The first kappa shape index (κ1) is 6.93. The van der Waals surface area contributed by atoms with E-state index >= 15 is 0 Å². The van der Waals surface area contributed by atoms with Crippen molar-refractivity contribution >= 4 is 5.97 Å². The van der Waals surface area contributed by atoms with E-state index in [4.69, 9.17) is 5.11 Å². The first-order chi connectivity index (χ1) is 3.80. The van der Waals surface area contributed by atoms with Crippen LogP contribution in [0.5, 0.6) is 0 Å². The summed E-state index contributed by atoms with van der Waals surface area (Å²) in [6, 6.07) is 0. The molecule has 0 aliphatic carbocycles. The maximum Gasteiger partial charge on any atom is 0.375 e. The second-order valence-electron chi connectivity index (χ2n) is 0.905. The highest BCUT2D eigenvalue weighted by Crippen LogP contribution is 2.11. The Hall–Kier alpha value is -1.07. The number of aliphatic carboxylic acids is 1. The summed E-state index contributed by atoms with van der Waals surface area (Å²) in [5.41, 5.74) is 0. The monoisotopic (exact) mass is 118 g/mol. The predicted octanol–water partition coefficient (Wildman–Crippen LogP) is -1.24. The van der Waals surface area contributed by atoms with Crippen molar-refractivity contribution in [2.45, 2.75) is 0 Å². The normalized spacial score (nSPS) is 12.0. The molecule has 1 rings (SSSR count). The van der Waals surface area contributed by atoms with Crippen molar-refractivity contribution in [2.75, 3.05) is 0 Å². The number of carbonyl (C=O) groups is 1. The first-order valence-corrected chi connectivity index (χ1v) is 1.74. The van der Waals surface area contributed by atoms with Crippen molar-refractivity contribution in [3.05, 3.63) is 12.0 Å². The standard InChI is InChI=1S/C3H2O3.H4N2/c4-3(5)2-1-6-2;1-2/h1H,(H,4,5);1-2H2. The molecule has 0 atom stereocenters. The fourth-order valence-electron chi connectivity index (χ4n) is 0.130. The predicted molar refractivity (Wildman–Crippen MR) is 25.2 cm³/mol. The number of carboxylic acids is 1. The smallest absolute Gasteiger partial charge is 0.375 e. The lowest BCUT2D eigenvalue weighted by molar-refractivity contribution is -0.133. The third-order valence-electron chi connectivity index (χ3n) is 0.446. The second kappa shape index (κ2) is 3.00. The minimum Gasteiger partial charge on any atom is -0.475 e. The molecule has 0 aromatic rings. The van der Waals surface area contributed by atoms with Crippen molar-refractivity contribution < 1.29 is 14.6 Å². The van der Waals surface area contributed by atoms with E-state index in [1.165, 1.54) is 6.26 Å². The molecule has 8 heavy (non-hydrogen) atoms. The third kappa shape index (κ3) is 2.17. The van der Waals surface area contributed by atoms with Crippen molar-refractivity contribution in [2.24, 2.45) is 11.7 Å². The molecule has 0 amide bonds. The number of carboxylic acid groups (broad SMARTS) is 1. The quantitative estimate of drug-likeness (QED) is 0.295. The van der Waals surface area contributed by atoms with Gasteiger partial charge in [0.2, 0.25) is 5.76 Å². The van der Waals surface area contributed by atoms with E-state index in [9.17, 15) is 4.79 Å². The fourth-order valence-corrected chi connectivity index (χ4v) is 0.130. The zero-order valence-corrected chi connectivity index (χ0v) is 4.00. The van der Waals surface area contributed by atoms with Crippen LogP contribution < -0.4 is 11.7 Å². The summed E-state index contributed by atoms with van der Waals surface area (Å²) in [5.74, 6) is 7.06. The molecule has 46 valence electrons. The van der Waals surface area contributed by atoms with Crippen LogP contribution in [0, 0.1) is 0 Å². The highest BCUT2D eigenvalue weighted by molar-refractivity contribution is 5.86. The molecule has 0 spiro atoms. The Labute approximate surface area is 45.5 Å². The molecular weight excluding hydrogens is 112 g/mol. The summed E-state index contributed by atoms with van der Waals surface area (Å²) in [7, 11) is 0. The number of nitrogens with two attached hydrogens (primary N) is 2. The van der Waals surface area contributed by atoms with Crippen LogP contribution in [0.4, 0.5) is 0 Å². The van der Waals surface area contributed by atoms with Gasteiger partial charge in [0.1, 0.15) is 6.26 Å². The van der Waals surface area contributed by atoms with Crippen LogP contribution in [-0.4, -0.2) is 11.1 Å².